The molecule has 140 valence electrons. The minimum Gasteiger partial charge on any atom is -0.359 e. The Balaban J connectivity index is 2.86. The van der Waals surface area contributed by atoms with Crippen LogP contribution in [0, 0.1) is 11.2 Å². The van der Waals surface area contributed by atoms with E-state index in [4.69, 9.17) is 5.41 Å². The molecule has 0 aromatic heterocycles. The van der Waals surface area contributed by atoms with Crippen LogP contribution >= 0.6 is 0 Å². The van der Waals surface area contributed by atoms with Crippen LogP contribution in [0.3, 0.4) is 0 Å². The Morgan fingerprint density at radius 3 is 2.32 bits per heavy atom. The molecule has 1 rings (SSSR count). The maximum Gasteiger partial charge on any atom is 0.393 e. The molecule has 0 heterocycles. The molecule has 0 bridgehead atoms. The standard InChI is InChI=1S/C18H25F4N3/c1-4-8-25(9-5-2)17(23)10-13(3)24-15-6-7-16(19)14(11-15)12-18(20,21)22/h6-7,10-11,23-24H,4-5,8-9,12H2,1-3H3/b13-10-,23-17?. The van der Waals surface area contributed by atoms with Crippen molar-refractivity contribution in [1.82, 2.24) is 4.90 Å². The molecule has 0 aliphatic heterocycles. The molecule has 25 heavy (non-hydrogen) atoms. The topological polar surface area (TPSA) is 39.1 Å². The van der Waals surface area contributed by atoms with E-state index in [0.717, 1.165) is 38.1 Å². The van der Waals surface area contributed by atoms with E-state index in [1.807, 2.05) is 18.7 Å². The maximum atomic E-state index is 13.5. The van der Waals surface area contributed by atoms with Crippen molar-refractivity contribution in [2.24, 2.45) is 0 Å². The summed E-state index contributed by atoms with van der Waals surface area (Å²) < 4.78 is 51.0. The average Bonchev–Trinajstić information content (AvgIpc) is 2.49. The van der Waals surface area contributed by atoms with E-state index in [9.17, 15) is 17.6 Å². The molecule has 0 unspecified atom stereocenters. The van der Waals surface area contributed by atoms with E-state index in [2.05, 4.69) is 5.32 Å². The molecule has 0 amide bonds. The van der Waals surface area contributed by atoms with Crippen LogP contribution in [-0.4, -0.2) is 30.0 Å². The lowest BCUT2D eigenvalue weighted by molar-refractivity contribution is -0.127. The van der Waals surface area contributed by atoms with Gasteiger partial charge in [-0.25, -0.2) is 4.39 Å². The average molecular weight is 359 g/mol. The SMILES string of the molecule is CCCN(CCC)C(=N)/C=C(/C)Nc1ccc(F)c(CC(F)(F)F)c1. The molecule has 0 fully saturated rings. The Hall–Kier alpha value is -2.05. The summed E-state index contributed by atoms with van der Waals surface area (Å²) in [6.45, 7) is 7.32. The summed E-state index contributed by atoms with van der Waals surface area (Å²) in [6.07, 6.45) is -2.32. The predicted octanol–water partition coefficient (Wildman–Crippen LogP) is 5.35. The van der Waals surface area contributed by atoms with Crippen LogP contribution in [0.15, 0.2) is 30.0 Å². The number of amidine groups is 1. The highest BCUT2D eigenvalue weighted by Gasteiger charge is 2.29. The van der Waals surface area contributed by atoms with Crippen molar-refractivity contribution in [3.63, 3.8) is 0 Å². The predicted molar refractivity (Wildman–Crippen MR) is 93.4 cm³/mol. The first kappa shape index (κ1) is 21.0. The van der Waals surface area contributed by atoms with Gasteiger partial charge in [-0.3, -0.25) is 5.41 Å². The number of anilines is 1. The van der Waals surface area contributed by atoms with Gasteiger partial charge in [-0.05, 0) is 49.6 Å². The molecule has 2 N–H and O–H groups in total. The zero-order valence-electron chi connectivity index (χ0n) is 14.8. The van der Waals surface area contributed by atoms with Gasteiger partial charge < -0.3 is 10.2 Å². The zero-order chi connectivity index (χ0) is 19.0. The minimum atomic E-state index is -4.47. The second-order valence-electron chi connectivity index (χ2n) is 5.92. The monoisotopic (exact) mass is 359 g/mol. The van der Waals surface area contributed by atoms with Crippen molar-refractivity contribution in [2.45, 2.75) is 46.2 Å². The van der Waals surface area contributed by atoms with Crippen molar-refractivity contribution in [1.29, 1.82) is 5.41 Å². The molecule has 0 atom stereocenters. The molecule has 0 radical (unpaired) electrons. The summed E-state index contributed by atoms with van der Waals surface area (Å²) in [5, 5.41) is 11.1. The normalized spacial score (nSPS) is 12.2. The number of benzene rings is 1. The highest BCUT2D eigenvalue weighted by Crippen LogP contribution is 2.25. The molecule has 1 aromatic carbocycles. The van der Waals surface area contributed by atoms with E-state index < -0.39 is 24.0 Å². The van der Waals surface area contributed by atoms with Gasteiger partial charge in [0.1, 0.15) is 11.7 Å². The molecule has 0 spiro atoms. The molecular weight excluding hydrogens is 334 g/mol. The fourth-order valence-electron chi connectivity index (χ4n) is 2.46. The van der Waals surface area contributed by atoms with Crippen LogP contribution in [-0.2, 0) is 6.42 Å². The van der Waals surface area contributed by atoms with Gasteiger partial charge in [0.05, 0.1) is 6.42 Å². The van der Waals surface area contributed by atoms with Crippen LogP contribution in [0.5, 0.6) is 0 Å². The number of nitrogens with zero attached hydrogens (tertiary/aromatic N) is 1. The van der Waals surface area contributed by atoms with E-state index >= 15 is 0 Å². The van der Waals surface area contributed by atoms with Gasteiger partial charge in [-0.1, -0.05) is 13.8 Å². The first-order valence-electron chi connectivity index (χ1n) is 8.30. The first-order chi connectivity index (χ1) is 11.7. The molecule has 3 nitrogen and oxygen atoms in total. The van der Waals surface area contributed by atoms with Crippen molar-refractivity contribution in [2.75, 3.05) is 18.4 Å². The van der Waals surface area contributed by atoms with Crippen molar-refractivity contribution < 1.29 is 17.6 Å². The molecule has 0 saturated heterocycles. The van der Waals surface area contributed by atoms with Crippen molar-refractivity contribution in [3.8, 4) is 0 Å². The van der Waals surface area contributed by atoms with Crippen LogP contribution in [0.25, 0.3) is 0 Å². The number of hydrogen-bond acceptors (Lipinski definition) is 2. The van der Waals surface area contributed by atoms with Gasteiger partial charge in [0.15, 0.2) is 0 Å². The molecule has 0 saturated carbocycles. The van der Waals surface area contributed by atoms with Gasteiger partial charge >= 0.3 is 6.18 Å². The molecular formula is C18H25F4N3. The van der Waals surface area contributed by atoms with E-state index in [0.29, 0.717) is 17.2 Å². The van der Waals surface area contributed by atoms with Crippen LogP contribution in [0.2, 0.25) is 0 Å². The summed E-state index contributed by atoms with van der Waals surface area (Å²) in [6, 6.07) is 3.55. The maximum absolute atomic E-state index is 13.5. The highest BCUT2D eigenvalue weighted by molar-refractivity contribution is 5.91. The van der Waals surface area contributed by atoms with Crippen molar-refractivity contribution >= 4 is 11.5 Å². The van der Waals surface area contributed by atoms with E-state index in [1.54, 1.807) is 13.0 Å². The van der Waals surface area contributed by atoms with Crippen molar-refractivity contribution in [3.05, 3.63) is 41.4 Å². The quantitative estimate of drug-likeness (QED) is 0.373. The van der Waals surface area contributed by atoms with E-state index in [1.165, 1.54) is 6.07 Å². The summed E-state index contributed by atoms with van der Waals surface area (Å²) >= 11 is 0. The fraction of sp³-hybridized carbons (Fsp3) is 0.500. The highest BCUT2D eigenvalue weighted by atomic mass is 19.4. The lowest BCUT2D eigenvalue weighted by Gasteiger charge is -2.22. The van der Waals surface area contributed by atoms with Gasteiger partial charge in [0.2, 0.25) is 0 Å². The fourth-order valence-corrected chi connectivity index (χ4v) is 2.46. The summed E-state index contributed by atoms with van der Waals surface area (Å²) in [4.78, 5) is 1.94. The van der Waals surface area contributed by atoms with Crippen LogP contribution in [0.1, 0.15) is 39.2 Å². The Morgan fingerprint density at radius 1 is 1.20 bits per heavy atom. The minimum absolute atomic E-state index is 0.339. The number of alkyl halides is 3. The second-order valence-corrected chi connectivity index (χ2v) is 5.92. The molecule has 0 aliphatic rings. The first-order valence-corrected chi connectivity index (χ1v) is 8.30. The summed E-state index contributed by atoms with van der Waals surface area (Å²) in [7, 11) is 0. The van der Waals surface area contributed by atoms with Gasteiger partial charge in [-0.15, -0.1) is 0 Å². The lowest BCUT2D eigenvalue weighted by Crippen LogP contribution is -2.31. The smallest absolute Gasteiger partial charge is 0.359 e. The summed E-state index contributed by atoms with van der Waals surface area (Å²) in [5.74, 6) is -0.541. The third-order valence-electron chi connectivity index (χ3n) is 3.46. The lowest BCUT2D eigenvalue weighted by atomic mass is 10.1. The third kappa shape index (κ3) is 7.58. The Labute approximate surface area is 146 Å². The zero-order valence-corrected chi connectivity index (χ0v) is 14.8. The third-order valence-corrected chi connectivity index (χ3v) is 3.46. The van der Waals surface area contributed by atoms with Gasteiger partial charge in [0.25, 0.3) is 0 Å². The number of halogens is 4. The molecule has 0 aliphatic carbocycles. The Kier molecular flexibility index (Phi) is 7.93. The van der Waals surface area contributed by atoms with Crippen LogP contribution in [0.4, 0.5) is 23.2 Å². The Morgan fingerprint density at radius 2 is 1.80 bits per heavy atom. The van der Waals surface area contributed by atoms with Gasteiger partial charge in [-0.2, -0.15) is 13.2 Å². The van der Waals surface area contributed by atoms with E-state index in [-0.39, 0.29) is 0 Å². The number of hydrogen-bond donors (Lipinski definition) is 2. The van der Waals surface area contributed by atoms with Crippen LogP contribution < -0.4 is 5.32 Å². The second kappa shape index (κ2) is 9.44. The number of allylic oxidation sites excluding steroid dienone is 1. The molecule has 1 aromatic rings. The largest absolute Gasteiger partial charge is 0.393 e. The van der Waals surface area contributed by atoms with Gasteiger partial charge in [0, 0.05) is 24.5 Å². The summed E-state index contributed by atoms with van der Waals surface area (Å²) in [5.41, 5.74) is 0.561. The number of nitrogens with one attached hydrogen (secondary N) is 2. The Bertz CT molecular complexity index is 603. The number of rotatable bonds is 8. The molecule has 7 heteroatoms.